The number of halogens is 2. The van der Waals surface area contributed by atoms with E-state index in [0.717, 1.165) is 0 Å². The third-order valence-electron chi connectivity index (χ3n) is 3.35. The van der Waals surface area contributed by atoms with Gasteiger partial charge < -0.3 is 4.90 Å². The number of nitrogens with zero attached hydrogens (tertiary/aromatic N) is 1. The second-order valence-corrected chi connectivity index (χ2v) is 5.55. The Morgan fingerprint density at radius 3 is 2.52 bits per heavy atom. The van der Waals surface area contributed by atoms with Gasteiger partial charge in [0.05, 0.1) is 6.42 Å². The molecule has 1 heterocycles. The van der Waals surface area contributed by atoms with Crippen molar-refractivity contribution in [3.8, 4) is 0 Å². The van der Waals surface area contributed by atoms with Crippen LogP contribution in [0.3, 0.4) is 0 Å². The Kier molecular flexibility index (Phi) is 4.85. The first kappa shape index (κ1) is 15.8. The van der Waals surface area contributed by atoms with Crippen molar-refractivity contribution in [3.63, 3.8) is 0 Å². The Morgan fingerprint density at radius 1 is 1.33 bits per heavy atom. The van der Waals surface area contributed by atoms with Gasteiger partial charge in [-0.3, -0.25) is 19.7 Å². The second-order valence-electron chi connectivity index (χ2n) is 4.74. The zero-order valence-corrected chi connectivity index (χ0v) is 12.9. The highest BCUT2D eigenvalue weighted by Crippen LogP contribution is 2.25. The van der Waals surface area contributed by atoms with E-state index >= 15 is 0 Å². The Hall–Kier alpha value is -1.59. The number of hydrogen-bond donors (Lipinski definition) is 1. The number of hydrogen-bond acceptors (Lipinski definition) is 3. The first-order chi connectivity index (χ1) is 9.93. The summed E-state index contributed by atoms with van der Waals surface area (Å²) in [5.74, 6) is -1.28. The molecule has 0 spiro atoms. The van der Waals surface area contributed by atoms with E-state index < -0.39 is 17.9 Å². The summed E-state index contributed by atoms with van der Waals surface area (Å²) >= 11 is 12.1. The van der Waals surface area contributed by atoms with Crippen LogP contribution in [0.4, 0.5) is 0 Å². The average molecular weight is 329 g/mol. The summed E-state index contributed by atoms with van der Waals surface area (Å²) in [6, 6.07) is 4.32. The SMILES string of the molecule is CCC1C(=O)NC(=O)CN1C(=O)Cc1c(Cl)cccc1Cl. The Morgan fingerprint density at radius 2 is 1.95 bits per heavy atom. The van der Waals surface area contributed by atoms with Crippen LogP contribution in [0.5, 0.6) is 0 Å². The summed E-state index contributed by atoms with van der Waals surface area (Å²) in [6.07, 6.45) is 0.386. The minimum absolute atomic E-state index is 0.0461. The molecule has 2 rings (SSSR count). The van der Waals surface area contributed by atoms with Gasteiger partial charge in [-0.1, -0.05) is 36.2 Å². The predicted molar refractivity (Wildman–Crippen MR) is 79.1 cm³/mol. The van der Waals surface area contributed by atoms with Crippen molar-refractivity contribution in [2.75, 3.05) is 6.54 Å². The van der Waals surface area contributed by atoms with Crippen molar-refractivity contribution in [2.24, 2.45) is 0 Å². The Balaban J connectivity index is 2.22. The van der Waals surface area contributed by atoms with Gasteiger partial charge in [0.15, 0.2) is 0 Å². The fourth-order valence-corrected chi connectivity index (χ4v) is 2.82. The molecule has 1 aromatic rings. The summed E-state index contributed by atoms with van der Waals surface area (Å²) in [5, 5.41) is 3.00. The highest BCUT2D eigenvalue weighted by molar-refractivity contribution is 6.36. The minimum Gasteiger partial charge on any atom is -0.321 e. The fraction of sp³-hybridized carbons (Fsp3) is 0.357. The average Bonchev–Trinajstić information content (AvgIpc) is 2.42. The lowest BCUT2D eigenvalue weighted by Crippen LogP contribution is -2.59. The standard InChI is InChI=1S/C14H14Cl2N2O3/c1-2-11-14(21)17-12(19)7-18(11)13(20)6-8-9(15)4-3-5-10(8)16/h3-5,11H,2,6-7H2,1H3,(H,17,19,21). The van der Waals surface area contributed by atoms with Gasteiger partial charge in [0.25, 0.3) is 0 Å². The largest absolute Gasteiger partial charge is 0.321 e. The van der Waals surface area contributed by atoms with Crippen LogP contribution in [0.2, 0.25) is 10.0 Å². The van der Waals surface area contributed by atoms with Crippen LogP contribution < -0.4 is 5.32 Å². The van der Waals surface area contributed by atoms with Crippen molar-refractivity contribution in [2.45, 2.75) is 25.8 Å². The van der Waals surface area contributed by atoms with E-state index in [1.807, 2.05) is 0 Å². The van der Waals surface area contributed by atoms with E-state index in [4.69, 9.17) is 23.2 Å². The summed E-state index contributed by atoms with van der Waals surface area (Å²) in [5.41, 5.74) is 0.499. The summed E-state index contributed by atoms with van der Waals surface area (Å²) in [4.78, 5) is 36.9. The van der Waals surface area contributed by atoms with E-state index in [1.165, 1.54) is 4.90 Å². The van der Waals surface area contributed by atoms with Crippen LogP contribution in [0, 0.1) is 0 Å². The number of piperazine rings is 1. The number of amides is 3. The molecule has 0 radical (unpaired) electrons. The van der Waals surface area contributed by atoms with Gasteiger partial charge in [-0.25, -0.2) is 0 Å². The zero-order chi connectivity index (χ0) is 15.6. The lowest BCUT2D eigenvalue weighted by molar-refractivity contribution is -0.149. The van der Waals surface area contributed by atoms with Gasteiger partial charge in [0, 0.05) is 10.0 Å². The van der Waals surface area contributed by atoms with E-state index in [1.54, 1.807) is 25.1 Å². The number of rotatable bonds is 3. The molecule has 1 fully saturated rings. The molecule has 21 heavy (non-hydrogen) atoms. The number of carbonyl (C=O) groups is 3. The van der Waals surface area contributed by atoms with E-state index in [2.05, 4.69) is 5.32 Å². The predicted octanol–water partition coefficient (Wildman–Crippen LogP) is 1.80. The summed E-state index contributed by atoms with van der Waals surface area (Å²) in [7, 11) is 0. The molecule has 1 unspecified atom stereocenters. The molecule has 1 atom stereocenters. The zero-order valence-electron chi connectivity index (χ0n) is 11.4. The molecule has 1 saturated heterocycles. The maximum absolute atomic E-state index is 12.4. The van der Waals surface area contributed by atoms with E-state index in [9.17, 15) is 14.4 Å². The Labute approximate surface area is 132 Å². The molecule has 1 N–H and O–H groups in total. The number of benzene rings is 1. The van der Waals surface area contributed by atoms with E-state index in [-0.39, 0.29) is 18.9 Å². The molecule has 112 valence electrons. The highest BCUT2D eigenvalue weighted by atomic mass is 35.5. The lowest BCUT2D eigenvalue weighted by atomic mass is 10.1. The maximum atomic E-state index is 12.4. The third kappa shape index (κ3) is 3.36. The summed E-state index contributed by atoms with van der Waals surface area (Å²) in [6.45, 7) is 1.65. The lowest BCUT2D eigenvalue weighted by Gasteiger charge is -2.33. The van der Waals surface area contributed by atoms with Crippen LogP contribution in [0.1, 0.15) is 18.9 Å². The topological polar surface area (TPSA) is 66.5 Å². The number of carbonyl (C=O) groups excluding carboxylic acids is 3. The van der Waals surface area contributed by atoms with Gasteiger partial charge in [-0.05, 0) is 24.1 Å². The smallest absolute Gasteiger partial charge is 0.249 e. The summed E-state index contributed by atoms with van der Waals surface area (Å²) < 4.78 is 0. The van der Waals surface area contributed by atoms with Crippen molar-refractivity contribution in [1.29, 1.82) is 0 Å². The van der Waals surface area contributed by atoms with Crippen molar-refractivity contribution in [3.05, 3.63) is 33.8 Å². The van der Waals surface area contributed by atoms with Gasteiger partial charge >= 0.3 is 0 Å². The molecular formula is C14H14Cl2N2O3. The fourth-order valence-electron chi connectivity index (χ4n) is 2.29. The van der Waals surface area contributed by atoms with Gasteiger partial charge in [-0.2, -0.15) is 0 Å². The quantitative estimate of drug-likeness (QED) is 0.860. The first-order valence-electron chi connectivity index (χ1n) is 6.50. The molecule has 0 bridgehead atoms. The van der Waals surface area contributed by atoms with Crippen molar-refractivity contribution >= 4 is 40.9 Å². The highest BCUT2D eigenvalue weighted by Gasteiger charge is 2.35. The third-order valence-corrected chi connectivity index (χ3v) is 4.06. The van der Waals surface area contributed by atoms with Crippen LogP contribution in [-0.2, 0) is 20.8 Å². The van der Waals surface area contributed by atoms with Crippen LogP contribution in [-0.4, -0.2) is 35.2 Å². The second kappa shape index (κ2) is 6.45. The van der Waals surface area contributed by atoms with Crippen LogP contribution >= 0.6 is 23.2 Å². The van der Waals surface area contributed by atoms with Gasteiger partial charge in [0.2, 0.25) is 17.7 Å². The molecule has 5 nitrogen and oxygen atoms in total. The number of nitrogens with one attached hydrogen (secondary N) is 1. The Bertz CT molecular complexity index is 584. The van der Waals surface area contributed by atoms with Gasteiger partial charge in [-0.15, -0.1) is 0 Å². The molecule has 0 aromatic heterocycles. The monoisotopic (exact) mass is 328 g/mol. The minimum atomic E-state index is -0.642. The molecule has 0 aliphatic carbocycles. The van der Waals surface area contributed by atoms with Crippen molar-refractivity contribution < 1.29 is 14.4 Å². The normalized spacial score (nSPS) is 18.6. The molecular weight excluding hydrogens is 315 g/mol. The van der Waals surface area contributed by atoms with Crippen LogP contribution in [0.15, 0.2) is 18.2 Å². The molecule has 1 aromatic carbocycles. The molecule has 1 aliphatic heterocycles. The molecule has 7 heteroatoms. The molecule has 0 saturated carbocycles. The van der Waals surface area contributed by atoms with Crippen molar-refractivity contribution in [1.82, 2.24) is 10.2 Å². The first-order valence-corrected chi connectivity index (χ1v) is 7.25. The van der Waals surface area contributed by atoms with Gasteiger partial charge in [0.1, 0.15) is 12.6 Å². The maximum Gasteiger partial charge on any atom is 0.249 e. The molecule has 1 aliphatic rings. The van der Waals surface area contributed by atoms with Crippen LogP contribution in [0.25, 0.3) is 0 Å². The number of imide groups is 1. The molecule has 3 amide bonds. The van der Waals surface area contributed by atoms with E-state index in [0.29, 0.717) is 22.0 Å².